The van der Waals surface area contributed by atoms with Crippen LogP contribution in [0, 0.1) is 0 Å². The fraction of sp³-hybridized carbons (Fsp3) is 0. The number of halogens is 2. The largest absolute Gasteiger partial charge is 0.289 e. The summed E-state index contributed by atoms with van der Waals surface area (Å²) in [5, 5.41) is 0.705. The molecule has 0 aliphatic carbocycles. The average molecular weight is 385 g/mol. The lowest BCUT2D eigenvalue weighted by molar-refractivity contribution is 0.104. The van der Waals surface area contributed by atoms with Crippen molar-refractivity contribution in [2.24, 2.45) is 0 Å². The van der Waals surface area contributed by atoms with E-state index in [2.05, 4.69) is 0 Å². The van der Waals surface area contributed by atoms with Gasteiger partial charge in [0.2, 0.25) is 0 Å². The second-order valence-corrected chi connectivity index (χ2v) is 7.18. The van der Waals surface area contributed by atoms with Gasteiger partial charge in [-0.2, -0.15) is 0 Å². The van der Waals surface area contributed by atoms with Gasteiger partial charge in [0.05, 0.1) is 15.6 Å². The van der Waals surface area contributed by atoms with E-state index in [0.29, 0.717) is 15.6 Å². The maximum Gasteiger partial charge on any atom is 0.189 e. The predicted octanol–water partition coefficient (Wildman–Crippen LogP) is 7.01. The number of carbonyl (C=O) groups excluding carboxylic acids is 1. The fourth-order valence-electron chi connectivity index (χ4n) is 2.31. The molecule has 0 saturated carbocycles. The molecule has 124 valence electrons. The molecule has 0 saturated heterocycles. The van der Waals surface area contributed by atoms with Gasteiger partial charge in [-0.3, -0.25) is 4.79 Å². The van der Waals surface area contributed by atoms with Gasteiger partial charge in [-0.15, -0.1) is 0 Å². The zero-order valence-electron chi connectivity index (χ0n) is 13.2. The third-order valence-electron chi connectivity index (χ3n) is 3.50. The molecule has 0 atom stereocenters. The van der Waals surface area contributed by atoms with Crippen molar-refractivity contribution in [1.82, 2.24) is 0 Å². The number of hydrogen-bond acceptors (Lipinski definition) is 2. The second kappa shape index (κ2) is 8.39. The summed E-state index contributed by atoms with van der Waals surface area (Å²) in [6.45, 7) is 0. The van der Waals surface area contributed by atoms with E-state index in [0.717, 1.165) is 15.4 Å². The van der Waals surface area contributed by atoms with Crippen LogP contribution < -0.4 is 0 Å². The first-order valence-corrected chi connectivity index (χ1v) is 9.21. The first-order valence-electron chi connectivity index (χ1n) is 7.63. The zero-order valence-corrected chi connectivity index (χ0v) is 15.5. The Labute approximate surface area is 161 Å². The molecular formula is C21H14Cl2OS. The normalized spacial score (nSPS) is 11.4. The van der Waals surface area contributed by atoms with Crippen molar-refractivity contribution in [3.63, 3.8) is 0 Å². The molecule has 0 radical (unpaired) electrons. The van der Waals surface area contributed by atoms with Crippen LogP contribution in [0.5, 0.6) is 0 Å². The molecule has 0 heterocycles. The lowest BCUT2D eigenvalue weighted by atomic mass is 10.1. The zero-order chi connectivity index (χ0) is 17.6. The second-order valence-electron chi connectivity index (χ2n) is 5.25. The first-order chi connectivity index (χ1) is 12.1. The van der Waals surface area contributed by atoms with Gasteiger partial charge in [0.25, 0.3) is 0 Å². The SMILES string of the molecule is O=C(/C=C(/Sc1ccccc1)c1ccccc1)c1c(Cl)cccc1Cl. The predicted molar refractivity (Wildman–Crippen MR) is 108 cm³/mol. The molecule has 0 aliphatic heterocycles. The molecular weight excluding hydrogens is 371 g/mol. The summed E-state index contributed by atoms with van der Waals surface area (Å²) >= 11 is 13.9. The quantitative estimate of drug-likeness (QED) is 0.267. The number of allylic oxidation sites excluding steroid dienone is 1. The molecule has 3 aromatic carbocycles. The summed E-state index contributed by atoms with van der Waals surface area (Å²) in [4.78, 5) is 14.7. The van der Waals surface area contributed by atoms with Crippen molar-refractivity contribution < 1.29 is 4.79 Å². The molecule has 0 spiro atoms. The molecule has 25 heavy (non-hydrogen) atoms. The summed E-state index contributed by atoms with van der Waals surface area (Å²) < 4.78 is 0. The molecule has 0 aromatic heterocycles. The van der Waals surface area contributed by atoms with E-state index in [4.69, 9.17) is 23.2 Å². The smallest absolute Gasteiger partial charge is 0.189 e. The maximum absolute atomic E-state index is 12.8. The topological polar surface area (TPSA) is 17.1 Å². The van der Waals surface area contributed by atoms with Gasteiger partial charge < -0.3 is 0 Å². The van der Waals surface area contributed by atoms with E-state index in [1.165, 1.54) is 11.8 Å². The monoisotopic (exact) mass is 384 g/mol. The van der Waals surface area contributed by atoms with Crippen molar-refractivity contribution >= 4 is 45.7 Å². The number of rotatable bonds is 5. The molecule has 1 nitrogen and oxygen atoms in total. The van der Waals surface area contributed by atoms with E-state index < -0.39 is 0 Å². The summed E-state index contributed by atoms with van der Waals surface area (Å²) in [5.74, 6) is -0.210. The van der Waals surface area contributed by atoms with Crippen molar-refractivity contribution in [2.75, 3.05) is 0 Å². The highest BCUT2D eigenvalue weighted by atomic mass is 35.5. The van der Waals surface area contributed by atoms with Crippen LogP contribution in [0.3, 0.4) is 0 Å². The summed E-state index contributed by atoms with van der Waals surface area (Å²) in [7, 11) is 0. The number of ketones is 1. The highest BCUT2D eigenvalue weighted by molar-refractivity contribution is 8.08. The van der Waals surface area contributed by atoms with Crippen LogP contribution in [0.1, 0.15) is 15.9 Å². The minimum Gasteiger partial charge on any atom is -0.289 e. The molecule has 3 aromatic rings. The van der Waals surface area contributed by atoms with E-state index in [9.17, 15) is 4.79 Å². The molecule has 0 amide bonds. The average Bonchev–Trinajstić information content (AvgIpc) is 2.63. The van der Waals surface area contributed by atoms with Crippen LogP contribution in [-0.2, 0) is 0 Å². The Morgan fingerprint density at radius 2 is 1.32 bits per heavy atom. The van der Waals surface area contributed by atoms with Gasteiger partial charge >= 0.3 is 0 Å². The number of benzene rings is 3. The Balaban J connectivity index is 2.02. The van der Waals surface area contributed by atoms with Gasteiger partial charge in [-0.25, -0.2) is 0 Å². The minimum absolute atomic E-state index is 0.210. The van der Waals surface area contributed by atoms with Crippen molar-refractivity contribution in [1.29, 1.82) is 0 Å². The fourth-order valence-corrected chi connectivity index (χ4v) is 3.86. The minimum atomic E-state index is -0.210. The van der Waals surface area contributed by atoms with Gasteiger partial charge in [0, 0.05) is 15.9 Å². The number of hydrogen-bond donors (Lipinski definition) is 0. The maximum atomic E-state index is 12.8. The van der Waals surface area contributed by atoms with E-state index in [1.54, 1.807) is 24.3 Å². The van der Waals surface area contributed by atoms with Crippen molar-refractivity contribution in [3.05, 3.63) is 106 Å². The van der Waals surface area contributed by atoms with E-state index in [1.807, 2.05) is 60.7 Å². The number of thioether (sulfide) groups is 1. The van der Waals surface area contributed by atoms with E-state index >= 15 is 0 Å². The lowest BCUT2D eigenvalue weighted by Crippen LogP contribution is -1.98. The van der Waals surface area contributed by atoms with Crippen LogP contribution in [0.15, 0.2) is 89.8 Å². The molecule has 0 aliphatic rings. The van der Waals surface area contributed by atoms with Crippen molar-refractivity contribution in [3.8, 4) is 0 Å². The lowest BCUT2D eigenvalue weighted by Gasteiger charge is -2.09. The van der Waals surface area contributed by atoms with Crippen LogP contribution >= 0.6 is 35.0 Å². The number of carbonyl (C=O) groups is 1. The summed E-state index contributed by atoms with van der Waals surface area (Å²) in [5.41, 5.74) is 1.29. The Morgan fingerprint density at radius 3 is 1.92 bits per heavy atom. The van der Waals surface area contributed by atoms with Crippen LogP contribution in [0.2, 0.25) is 10.0 Å². The molecule has 0 N–H and O–H groups in total. The molecule has 0 unspecified atom stereocenters. The van der Waals surface area contributed by atoms with Crippen molar-refractivity contribution in [2.45, 2.75) is 4.90 Å². The Hall–Kier alpha value is -2.00. The standard InChI is InChI=1S/C21H14Cl2OS/c22-17-12-7-13-18(23)21(17)19(24)14-20(15-8-3-1-4-9-15)25-16-10-5-2-6-11-16/h1-14H/b20-14+. The first kappa shape index (κ1) is 17.8. The van der Waals surface area contributed by atoms with Gasteiger partial charge in [0.15, 0.2) is 5.78 Å². The van der Waals surface area contributed by atoms with Gasteiger partial charge in [-0.1, -0.05) is 89.6 Å². The summed E-state index contributed by atoms with van der Waals surface area (Å²) in [6, 6.07) is 24.8. The highest BCUT2D eigenvalue weighted by Crippen LogP contribution is 2.35. The third kappa shape index (κ3) is 4.55. The Kier molecular flexibility index (Phi) is 5.98. The molecule has 3 rings (SSSR count). The van der Waals surface area contributed by atoms with E-state index in [-0.39, 0.29) is 5.78 Å². The van der Waals surface area contributed by atoms with Gasteiger partial charge in [0.1, 0.15) is 0 Å². The highest BCUT2D eigenvalue weighted by Gasteiger charge is 2.15. The van der Waals surface area contributed by atoms with Crippen LogP contribution in [-0.4, -0.2) is 5.78 Å². The third-order valence-corrected chi connectivity index (χ3v) is 5.21. The Morgan fingerprint density at radius 1 is 0.760 bits per heavy atom. The Bertz CT molecular complexity index is 885. The molecule has 0 bridgehead atoms. The van der Waals surface area contributed by atoms with Crippen LogP contribution in [0.4, 0.5) is 0 Å². The van der Waals surface area contributed by atoms with Gasteiger partial charge in [-0.05, 0) is 29.8 Å². The molecule has 4 heteroatoms. The van der Waals surface area contributed by atoms with Crippen LogP contribution in [0.25, 0.3) is 4.91 Å². The summed E-state index contributed by atoms with van der Waals surface area (Å²) in [6.07, 6.45) is 1.60. The molecule has 0 fully saturated rings.